The van der Waals surface area contributed by atoms with Gasteiger partial charge in [0, 0.05) is 26.8 Å². The number of ether oxygens (including phenoxy) is 2. The van der Waals surface area contributed by atoms with Gasteiger partial charge in [-0.3, -0.25) is 9.67 Å². The van der Waals surface area contributed by atoms with Crippen molar-refractivity contribution >= 4 is 41.5 Å². The molecule has 9 heteroatoms. The second kappa shape index (κ2) is 9.86. The zero-order chi connectivity index (χ0) is 17.6. The number of rotatable bonds is 5. The van der Waals surface area contributed by atoms with E-state index in [-0.39, 0.29) is 24.0 Å². The Kier molecular flexibility index (Phi) is 7.83. The molecule has 0 aliphatic carbocycles. The number of nitrogens with one attached hydrogen (secondary N) is 2. The van der Waals surface area contributed by atoms with Gasteiger partial charge in [-0.15, -0.1) is 24.0 Å². The first-order chi connectivity index (χ1) is 12.2. The minimum Gasteiger partial charge on any atom is -0.486 e. The summed E-state index contributed by atoms with van der Waals surface area (Å²) in [6.07, 6.45) is 2.57. The largest absolute Gasteiger partial charge is 0.486 e. The average Bonchev–Trinajstić information content (AvgIpc) is 3.03. The number of hydrogen-bond donors (Lipinski definition) is 2. The van der Waals surface area contributed by atoms with Crippen LogP contribution in [0.2, 0.25) is 5.02 Å². The van der Waals surface area contributed by atoms with Crippen molar-refractivity contribution in [3.63, 3.8) is 0 Å². The summed E-state index contributed by atoms with van der Waals surface area (Å²) in [6, 6.07) is 5.87. The Balaban J connectivity index is 0.00000243. The number of halogens is 2. The molecular formula is C17H23ClIN5O2. The molecule has 0 atom stereocenters. The van der Waals surface area contributed by atoms with Gasteiger partial charge in [-0.25, -0.2) is 0 Å². The minimum atomic E-state index is 0. The number of guanidine groups is 1. The summed E-state index contributed by atoms with van der Waals surface area (Å²) in [5.74, 6) is 2.09. The Bertz CT molecular complexity index is 766. The van der Waals surface area contributed by atoms with Gasteiger partial charge < -0.3 is 20.1 Å². The Morgan fingerprint density at radius 3 is 2.85 bits per heavy atom. The van der Waals surface area contributed by atoms with Crippen LogP contribution in [0.15, 0.2) is 29.4 Å². The highest BCUT2D eigenvalue weighted by atomic mass is 127. The lowest BCUT2D eigenvalue weighted by atomic mass is 10.1. The monoisotopic (exact) mass is 491 g/mol. The molecule has 1 aliphatic rings. The Morgan fingerprint density at radius 1 is 1.31 bits per heavy atom. The number of aromatic nitrogens is 2. The van der Waals surface area contributed by atoms with Crippen LogP contribution in [-0.2, 0) is 20.0 Å². The van der Waals surface area contributed by atoms with E-state index in [0.29, 0.717) is 36.3 Å². The van der Waals surface area contributed by atoms with Gasteiger partial charge >= 0.3 is 0 Å². The molecule has 0 fully saturated rings. The maximum atomic E-state index is 6.27. The summed E-state index contributed by atoms with van der Waals surface area (Å²) in [6.45, 7) is 2.47. The maximum absolute atomic E-state index is 6.27. The van der Waals surface area contributed by atoms with Crippen molar-refractivity contribution in [2.45, 2.75) is 13.0 Å². The minimum absolute atomic E-state index is 0. The molecule has 0 spiro atoms. The summed E-state index contributed by atoms with van der Waals surface area (Å²) in [5, 5.41) is 11.3. The third kappa shape index (κ3) is 5.16. The molecule has 2 aromatic rings. The highest BCUT2D eigenvalue weighted by Gasteiger charge is 2.16. The third-order valence-electron chi connectivity index (χ3n) is 3.95. The molecule has 2 heterocycles. The molecular weight excluding hydrogens is 469 g/mol. The number of benzene rings is 1. The quantitative estimate of drug-likeness (QED) is 0.382. The fraction of sp³-hybridized carbons (Fsp3) is 0.412. The van der Waals surface area contributed by atoms with Crippen molar-refractivity contribution in [3.05, 3.63) is 40.7 Å². The molecule has 7 nitrogen and oxygen atoms in total. The number of aliphatic imine (C=N–C) groups is 1. The first kappa shape index (κ1) is 20.6. The predicted octanol–water partition coefficient (Wildman–Crippen LogP) is 2.37. The normalized spacial score (nSPS) is 13.1. The van der Waals surface area contributed by atoms with Crippen LogP contribution in [0.4, 0.5) is 0 Å². The Labute approximate surface area is 175 Å². The second-order valence-electron chi connectivity index (χ2n) is 5.65. The van der Waals surface area contributed by atoms with E-state index < -0.39 is 0 Å². The van der Waals surface area contributed by atoms with E-state index in [0.717, 1.165) is 30.2 Å². The number of nitrogens with zero attached hydrogens (tertiary/aromatic N) is 3. The van der Waals surface area contributed by atoms with E-state index >= 15 is 0 Å². The van der Waals surface area contributed by atoms with Crippen molar-refractivity contribution in [3.8, 4) is 11.5 Å². The van der Waals surface area contributed by atoms with Gasteiger partial charge in [-0.2, -0.15) is 5.10 Å². The van der Waals surface area contributed by atoms with Gasteiger partial charge in [0.2, 0.25) is 0 Å². The summed E-state index contributed by atoms with van der Waals surface area (Å²) >= 11 is 6.27. The molecule has 0 saturated heterocycles. The third-order valence-corrected chi connectivity index (χ3v) is 4.23. The molecule has 26 heavy (non-hydrogen) atoms. The van der Waals surface area contributed by atoms with E-state index in [1.54, 1.807) is 13.2 Å². The van der Waals surface area contributed by atoms with Crippen molar-refractivity contribution < 1.29 is 9.47 Å². The lowest BCUT2D eigenvalue weighted by Gasteiger charge is -2.20. The Hall–Kier alpha value is -1.68. The van der Waals surface area contributed by atoms with Crippen molar-refractivity contribution in [1.82, 2.24) is 20.4 Å². The highest BCUT2D eigenvalue weighted by molar-refractivity contribution is 14.0. The first-order valence-corrected chi connectivity index (χ1v) is 8.54. The van der Waals surface area contributed by atoms with Gasteiger partial charge in [-0.1, -0.05) is 11.6 Å². The molecule has 2 N–H and O–H groups in total. The van der Waals surface area contributed by atoms with Crippen LogP contribution in [0.5, 0.6) is 11.5 Å². The van der Waals surface area contributed by atoms with Crippen LogP contribution < -0.4 is 20.1 Å². The molecule has 0 unspecified atom stereocenters. The van der Waals surface area contributed by atoms with Crippen LogP contribution >= 0.6 is 35.6 Å². The topological polar surface area (TPSA) is 72.7 Å². The van der Waals surface area contributed by atoms with Crippen LogP contribution in [-0.4, -0.2) is 42.5 Å². The van der Waals surface area contributed by atoms with Crippen molar-refractivity contribution in [2.75, 3.05) is 26.8 Å². The zero-order valence-electron chi connectivity index (χ0n) is 14.8. The molecule has 0 amide bonds. The Morgan fingerprint density at radius 2 is 2.12 bits per heavy atom. The van der Waals surface area contributed by atoms with Crippen LogP contribution in [0.25, 0.3) is 0 Å². The molecule has 142 valence electrons. The smallest absolute Gasteiger partial charge is 0.191 e. The lowest BCUT2D eigenvalue weighted by molar-refractivity contribution is 0.171. The summed E-state index contributed by atoms with van der Waals surface area (Å²) < 4.78 is 13.0. The van der Waals surface area contributed by atoms with Crippen LogP contribution in [0, 0.1) is 0 Å². The fourth-order valence-electron chi connectivity index (χ4n) is 2.60. The first-order valence-electron chi connectivity index (χ1n) is 8.17. The summed E-state index contributed by atoms with van der Waals surface area (Å²) in [4.78, 5) is 4.23. The fourth-order valence-corrected chi connectivity index (χ4v) is 2.89. The number of fused-ring (bicyclic) bond motifs is 1. The maximum Gasteiger partial charge on any atom is 0.191 e. The van der Waals surface area contributed by atoms with Gasteiger partial charge in [0.05, 0.1) is 17.3 Å². The van der Waals surface area contributed by atoms with Crippen LogP contribution in [0.3, 0.4) is 0 Å². The molecule has 0 bridgehead atoms. The molecule has 1 aliphatic heterocycles. The summed E-state index contributed by atoms with van der Waals surface area (Å²) in [5.41, 5.74) is 2.17. The van der Waals surface area contributed by atoms with E-state index in [1.165, 1.54) is 0 Å². The van der Waals surface area contributed by atoms with E-state index in [2.05, 4.69) is 20.7 Å². The molecule has 1 aromatic heterocycles. The average molecular weight is 492 g/mol. The molecule has 0 radical (unpaired) electrons. The van der Waals surface area contributed by atoms with Crippen molar-refractivity contribution in [1.29, 1.82) is 0 Å². The molecule has 0 saturated carbocycles. The standard InChI is InChI=1S/C17H22ClN5O2.HI/c1-19-17(21-11-13-4-6-22-23(13)2)20-5-3-12-9-14(18)16-15(10-12)24-7-8-25-16;/h4,6,9-10H,3,5,7-8,11H2,1-2H3,(H2,19,20,21);1H. The molecule has 3 rings (SSSR count). The van der Waals surface area contributed by atoms with Crippen molar-refractivity contribution in [2.24, 2.45) is 12.0 Å². The SMILES string of the molecule is CN=C(NCCc1cc(Cl)c2c(c1)OCCO2)NCc1ccnn1C.I. The van der Waals surface area contributed by atoms with E-state index in [1.807, 2.05) is 29.9 Å². The van der Waals surface area contributed by atoms with E-state index in [4.69, 9.17) is 21.1 Å². The van der Waals surface area contributed by atoms with Gasteiger partial charge in [0.25, 0.3) is 0 Å². The van der Waals surface area contributed by atoms with E-state index in [9.17, 15) is 0 Å². The van der Waals surface area contributed by atoms with Gasteiger partial charge in [0.1, 0.15) is 13.2 Å². The second-order valence-corrected chi connectivity index (χ2v) is 6.06. The highest BCUT2D eigenvalue weighted by Crippen LogP contribution is 2.38. The van der Waals surface area contributed by atoms with Crippen LogP contribution in [0.1, 0.15) is 11.3 Å². The lowest BCUT2D eigenvalue weighted by Crippen LogP contribution is -2.38. The van der Waals surface area contributed by atoms with Gasteiger partial charge in [-0.05, 0) is 30.2 Å². The summed E-state index contributed by atoms with van der Waals surface area (Å²) in [7, 11) is 3.67. The molecule has 1 aromatic carbocycles. The predicted molar refractivity (Wildman–Crippen MR) is 113 cm³/mol. The number of hydrogen-bond acceptors (Lipinski definition) is 4. The number of aryl methyl sites for hydroxylation is 1. The zero-order valence-corrected chi connectivity index (χ0v) is 17.9. The van der Waals surface area contributed by atoms with Gasteiger partial charge in [0.15, 0.2) is 17.5 Å².